The van der Waals surface area contributed by atoms with Gasteiger partial charge in [-0.2, -0.15) is 0 Å². The molecule has 0 saturated carbocycles. The summed E-state index contributed by atoms with van der Waals surface area (Å²) in [5.41, 5.74) is 1.03. The van der Waals surface area contributed by atoms with Crippen LogP contribution in [0.25, 0.3) is 0 Å². The first-order valence-corrected chi connectivity index (χ1v) is 6.13. The number of hydrogen-bond acceptors (Lipinski definition) is 4. The summed E-state index contributed by atoms with van der Waals surface area (Å²) in [6, 6.07) is 0. The first kappa shape index (κ1) is 11.6. The van der Waals surface area contributed by atoms with Crippen molar-refractivity contribution in [1.82, 2.24) is 10.3 Å². The maximum absolute atomic E-state index is 5.60. The summed E-state index contributed by atoms with van der Waals surface area (Å²) in [5.74, 6) is 0.982. The second-order valence-electron chi connectivity index (χ2n) is 4.24. The van der Waals surface area contributed by atoms with E-state index in [1.807, 2.05) is 0 Å². The minimum Gasteiger partial charge on any atom is -0.448 e. The summed E-state index contributed by atoms with van der Waals surface area (Å²) in [6.45, 7) is 4.86. The maximum atomic E-state index is 5.60. The van der Waals surface area contributed by atoms with Gasteiger partial charge >= 0.3 is 0 Å². The van der Waals surface area contributed by atoms with E-state index in [9.17, 15) is 0 Å². The number of nitrogens with zero attached hydrogens (tertiary/aromatic N) is 1. The molecule has 1 unspecified atom stereocenters. The highest BCUT2D eigenvalue weighted by atomic mass is 16.5. The number of rotatable bonds is 6. The van der Waals surface area contributed by atoms with Gasteiger partial charge < -0.3 is 14.5 Å². The van der Waals surface area contributed by atoms with Gasteiger partial charge in [0.05, 0.1) is 11.8 Å². The Balaban J connectivity index is 1.85. The van der Waals surface area contributed by atoms with Gasteiger partial charge in [-0.05, 0) is 25.8 Å². The Labute approximate surface area is 96.4 Å². The van der Waals surface area contributed by atoms with Crippen molar-refractivity contribution in [3.8, 4) is 0 Å². The van der Waals surface area contributed by atoms with Crippen molar-refractivity contribution in [2.45, 2.75) is 45.3 Å². The molecule has 1 aromatic rings. The van der Waals surface area contributed by atoms with E-state index in [2.05, 4.69) is 17.2 Å². The monoisotopic (exact) mass is 224 g/mol. The molecule has 2 rings (SSSR count). The molecule has 0 bridgehead atoms. The Morgan fingerprint density at radius 1 is 1.56 bits per heavy atom. The zero-order valence-corrected chi connectivity index (χ0v) is 9.87. The van der Waals surface area contributed by atoms with Crippen molar-refractivity contribution in [3.63, 3.8) is 0 Å². The first-order valence-electron chi connectivity index (χ1n) is 6.13. The van der Waals surface area contributed by atoms with Gasteiger partial charge in [-0.3, -0.25) is 0 Å². The highest BCUT2D eigenvalue weighted by Crippen LogP contribution is 2.19. The van der Waals surface area contributed by atoms with Crippen LogP contribution in [0.15, 0.2) is 10.8 Å². The fourth-order valence-electron chi connectivity index (χ4n) is 2.00. The van der Waals surface area contributed by atoms with Crippen LogP contribution >= 0.6 is 0 Å². The molecule has 4 heteroatoms. The minimum absolute atomic E-state index is 0.331. The lowest BCUT2D eigenvalue weighted by Gasteiger charge is -2.08. The molecular weight excluding hydrogens is 204 g/mol. The third kappa shape index (κ3) is 3.06. The normalized spacial score (nSPS) is 20.4. The Morgan fingerprint density at radius 3 is 3.25 bits per heavy atom. The molecule has 0 radical (unpaired) electrons. The third-order valence-electron chi connectivity index (χ3n) is 2.88. The Kier molecular flexibility index (Phi) is 4.36. The average molecular weight is 224 g/mol. The molecule has 1 saturated heterocycles. The van der Waals surface area contributed by atoms with Crippen molar-refractivity contribution in [2.75, 3.05) is 13.2 Å². The predicted molar refractivity (Wildman–Crippen MR) is 61.2 cm³/mol. The molecule has 0 spiro atoms. The zero-order chi connectivity index (χ0) is 11.2. The molecule has 0 aromatic carbocycles. The molecule has 90 valence electrons. The topological polar surface area (TPSA) is 47.3 Å². The highest BCUT2D eigenvalue weighted by molar-refractivity contribution is 5.08. The van der Waals surface area contributed by atoms with Crippen LogP contribution < -0.4 is 5.32 Å². The van der Waals surface area contributed by atoms with Gasteiger partial charge in [-0.1, -0.05) is 6.92 Å². The van der Waals surface area contributed by atoms with Gasteiger partial charge in [-0.15, -0.1) is 0 Å². The van der Waals surface area contributed by atoms with E-state index < -0.39 is 0 Å². The van der Waals surface area contributed by atoms with Gasteiger partial charge in [0.25, 0.3) is 0 Å². The van der Waals surface area contributed by atoms with Crippen molar-refractivity contribution < 1.29 is 9.15 Å². The summed E-state index contributed by atoms with van der Waals surface area (Å²) < 4.78 is 11.0. The van der Waals surface area contributed by atoms with E-state index in [0.717, 1.165) is 50.4 Å². The van der Waals surface area contributed by atoms with Gasteiger partial charge in [-0.25, -0.2) is 4.98 Å². The third-order valence-corrected chi connectivity index (χ3v) is 2.88. The van der Waals surface area contributed by atoms with Crippen LogP contribution in [0.5, 0.6) is 0 Å². The fourth-order valence-corrected chi connectivity index (χ4v) is 2.00. The van der Waals surface area contributed by atoms with Crippen LogP contribution in [0.3, 0.4) is 0 Å². The molecule has 2 heterocycles. The molecule has 16 heavy (non-hydrogen) atoms. The molecule has 1 atom stereocenters. The fraction of sp³-hybridized carbons (Fsp3) is 0.750. The van der Waals surface area contributed by atoms with Crippen molar-refractivity contribution in [1.29, 1.82) is 0 Å². The van der Waals surface area contributed by atoms with Gasteiger partial charge in [0, 0.05) is 19.6 Å². The summed E-state index contributed by atoms with van der Waals surface area (Å²) in [4.78, 5) is 4.25. The van der Waals surface area contributed by atoms with Crippen molar-refractivity contribution in [3.05, 3.63) is 17.8 Å². The van der Waals surface area contributed by atoms with E-state index >= 15 is 0 Å². The van der Waals surface area contributed by atoms with Crippen LogP contribution in [-0.2, 0) is 17.7 Å². The smallest absolute Gasteiger partial charge is 0.181 e. The Morgan fingerprint density at radius 2 is 2.50 bits per heavy atom. The lowest BCUT2D eigenvalue weighted by Crippen LogP contribution is -2.16. The lowest BCUT2D eigenvalue weighted by molar-refractivity contribution is 0.106. The van der Waals surface area contributed by atoms with Crippen molar-refractivity contribution in [2.24, 2.45) is 0 Å². The van der Waals surface area contributed by atoms with E-state index in [0.29, 0.717) is 6.10 Å². The molecular formula is C12H20N2O2. The van der Waals surface area contributed by atoms with E-state index in [1.54, 1.807) is 0 Å². The molecule has 1 N–H and O–H groups in total. The van der Waals surface area contributed by atoms with Gasteiger partial charge in [0.2, 0.25) is 0 Å². The van der Waals surface area contributed by atoms with Crippen LogP contribution in [0.1, 0.15) is 37.6 Å². The largest absolute Gasteiger partial charge is 0.448 e. The first-order chi connectivity index (χ1) is 7.90. The number of nitrogens with one attached hydrogen (secondary N) is 1. The summed E-state index contributed by atoms with van der Waals surface area (Å²) in [6.07, 6.45) is 6.18. The molecule has 1 aromatic heterocycles. The second kappa shape index (κ2) is 6.01. The van der Waals surface area contributed by atoms with Crippen molar-refractivity contribution >= 4 is 0 Å². The summed E-state index contributed by atoms with van der Waals surface area (Å²) in [5, 5.41) is 3.34. The van der Waals surface area contributed by atoms with Crippen LogP contribution in [0.4, 0.5) is 0 Å². The van der Waals surface area contributed by atoms with Crippen LogP contribution in [0.2, 0.25) is 0 Å². The molecule has 4 nitrogen and oxygen atoms in total. The van der Waals surface area contributed by atoms with E-state index in [4.69, 9.17) is 9.15 Å². The SMILES string of the molecule is CCCNCc1ncoc1CC1CCCO1. The van der Waals surface area contributed by atoms with Gasteiger partial charge in [0.1, 0.15) is 5.76 Å². The number of ether oxygens (including phenoxy) is 1. The molecule has 0 aliphatic carbocycles. The predicted octanol–water partition coefficient (Wildman–Crippen LogP) is 1.90. The molecule has 1 fully saturated rings. The average Bonchev–Trinajstić information content (AvgIpc) is 2.92. The van der Waals surface area contributed by atoms with E-state index in [-0.39, 0.29) is 0 Å². The van der Waals surface area contributed by atoms with Crippen LogP contribution in [0, 0.1) is 0 Å². The lowest BCUT2D eigenvalue weighted by atomic mass is 10.1. The molecule has 0 amide bonds. The quantitative estimate of drug-likeness (QED) is 0.750. The Hall–Kier alpha value is -0.870. The standard InChI is InChI=1S/C12H20N2O2/c1-2-5-13-8-11-12(16-9-14-11)7-10-4-3-6-15-10/h9-10,13H,2-8H2,1H3. The zero-order valence-electron chi connectivity index (χ0n) is 9.87. The summed E-state index contributed by atoms with van der Waals surface area (Å²) >= 11 is 0. The number of aromatic nitrogens is 1. The van der Waals surface area contributed by atoms with Gasteiger partial charge in [0.15, 0.2) is 6.39 Å². The second-order valence-corrected chi connectivity index (χ2v) is 4.24. The highest BCUT2D eigenvalue weighted by Gasteiger charge is 2.19. The number of oxazole rings is 1. The Bertz CT molecular complexity index is 306. The maximum Gasteiger partial charge on any atom is 0.181 e. The minimum atomic E-state index is 0.331. The molecule has 1 aliphatic heterocycles. The molecule has 1 aliphatic rings. The van der Waals surface area contributed by atoms with Crippen LogP contribution in [-0.4, -0.2) is 24.2 Å². The van der Waals surface area contributed by atoms with E-state index in [1.165, 1.54) is 12.8 Å². The number of hydrogen-bond donors (Lipinski definition) is 1. The summed E-state index contributed by atoms with van der Waals surface area (Å²) in [7, 11) is 0.